The first kappa shape index (κ1) is 17.7. The third kappa shape index (κ3) is 4.71. The van der Waals surface area contributed by atoms with Gasteiger partial charge in [-0.2, -0.15) is 10.2 Å². The highest BCUT2D eigenvalue weighted by molar-refractivity contribution is 6.30. The van der Waals surface area contributed by atoms with Gasteiger partial charge in [-0.05, 0) is 43.2 Å². The van der Waals surface area contributed by atoms with Crippen LogP contribution in [-0.4, -0.2) is 16.5 Å². The molecule has 0 aliphatic heterocycles. The number of nitrogens with zero attached hydrogens (tertiary/aromatic N) is 3. The maximum atomic E-state index is 9.20. The summed E-state index contributed by atoms with van der Waals surface area (Å²) in [6.07, 6.45) is 0.837. The molecule has 0 radical (unpaired) electrons. The maximum Gasteiger partial charge on any atom is 0.229 e. The van der Waals surface area contributed by atoms with Crippen LogP contribution in [-0.2, 0) is 6.42 Å². The Balaban J connectivity index is 1.68. The second kappa shape index (κ2) is 8.32. The van der Waals surface area contributed by atoms with Gasteiger partial charge in [0.2, 0.25) is 5.95 Å². The van der Waals surface area contributed by atoms with Crippen LogP contribution in [0.3, 0.4) is 0 Å². The zero-order valence-electron chi connectivity index (χ0n) is 14.3. The molecule has 3 aromatic rings. The molecule has 0 saturated carbocycles. The molecule has 0 amide bonds. The lowest BCUT2D eigenvalue weighted by Crippen LogP contribution is -2.09. The maximum absolute atomic E-state index is 9.20. The van der Waals surface area contributed by atoms with E-state index >= 15 is 0 Å². The Bertz CT molecular complexity index is 949. The molecule has 2 aromatic carbocycles. The highest BCUT2D eigenvalue weighted by atomic mass is 35.5. The van der Waals surface area contributed by atoms with Crippen LogP contribution in [0.5, 0.6) is 0 Å². The van der Waals surface area contributed by atoms with Crippen LogP contribution in [0.15, 0.2) is 54.6 Å². The van der Waals surface area contributed by atoms with Crippen LogP contribution in [0.4, 0.5) is 17.5 Å². The summed E-state index contributed by atoms with van der Waals surface area (Å²) in [6, 6.07) is 19.1. The van der Waals surface area contributed by atoms with E-state index < -0.39 is 0 Å². The van der Waals surface area contributed by atoms with Gasteiger partial charge in [-0.25, -0.2) is 4.98 Å². The van der Waals surface area contributed by atoms with Crippen LogP contribution in [0.2, 0.25) is 5.02 Å². The molecule has 0 atom stereocenters. The molecule has 2 N–H and O–H groups in total. The van der Waals surface area contributed by atoms with E-state index in [0.29, 0.717) is 17.2 Å². The largest absolute Gasteiger partial charge is 0.370 e. The smallest absolute Gasteiger partial charge is 0.229 e. The van der Waals surface area contributed by atoms with Crippen LogP contribution >= 0.6 is 11.6 Å². The molecular weight excluding hydrogens is 346 g/mol. The lowest BCUT2D eigenvalue weighted by atomic mass is 10.1. The Morgan fingerprint density at radius 2 is 1.92 bits per heavy atom. The van der Waals surface area contributed by atoms with E-state index in [1.54, 1.807) is 6.07 Å². The van der Waals surface area contributed by atoms with Gasteiger partial charge in [0.1, 0.15) is 11.9 Å². The van der Waals surface area contributed by atoms with Crippen LogP contribution < -0.4 is 10.6 Å². The van der Waals surface area contributed by atoms with Crippen LogP contribution in [0, 0.1) is 18.3 Å². The summed E-state index contributed by atoms with van der Waals surface area (Å²) in [5, 5.41) is 16.4. The third-order valence-electron chi connectivity index (χ3n) is 3.76. The Morgan fingerprint density at radius 1 is 1.08 bits per heavy atom. The molecule has 0 bridgehead atoms. The standard InChI is InChI=1S/C20H18ClN5/c1-14-11-19(23-10-9-15-5-4-7-17(21)12-15)26-20(24-14)25-18-8-3-2-6-16(18)13-22/h2-8,11-12H,9-10H2,1H3,(H2,23,24,25,26). The first-order valence-corrected chi connectivity index (χ1v) is 8.62. The van der Waals surface area contributed by atoms with Crippen molar-refractivity contribution in [3.05, 3.63) is 76.4 Å². The fourth-order valence-corrected chi connectivity index (χ4v) is 2.77. The molecule has 1 heterocycles. The van der Waals surface area contributed by atoms with Gasteiger partial charge in [0.25, 0.3) is 0 Å². The third-order valence-corrected chi connectivity index (χ3v) is 3.99. The van der Waals surface area contributed by atoms with Crippen molar-refractivity contribution >= 4 is 29.1 Å². The predicted molar refractivity (Wildman–Crippen MR) is 105 cm³/mol. The SMILES string of the molecule is Cc1cc(NCCc2cccc(Cl)c2)nc(Nc2ccccc2C#N)n1. The minimum absolute atomic E-state index is 0.456. The summed E-state index contributed by atoms with van der Waals surface area (Å²) in [6.45, 7) is 2.64. The van der Waals surface area contributed by atoms with Crippen molar-refractivity contribution in [2.75, 3.05) is 17.2 Å². The zero-order chi connectivity index (χ0) is 18.4. The van der Waals surface area contributed by atoms with E-state index in [1.165, 1.54) is 0 Å². The summed E-state index contributed by atoms with van der Waals surface area (Å²) < 4.78 is 0. The van der Waals surface area contributed by atoms with Gasteiger partial charge in [-0.3, -0.25) is 0 Å². The molecular formula is C20H18ClN5. The summed E-state index contributed by atoms with van der Waals surface area (Å²) in [5.74, 6) is 1.19. The van der Waals surface area contributed by atoms with Crippen LogP contribution in [0.25, 0.3) is 0 Å². The van der Waals surface area contributed by atoms with Crippen LogP contribution in [0.1, 0.15) is 16.8 Å². The number of anilines is 3. The topological polar surface area (TPSA) is 73.6 Å². The summed E-state index contributed by atoms with van der Waals surface area (Å²) in [7, 11) is 0. The van der Waals surface area contributed by atoms with Gasteiger partial charge < -0.3 is 10.6 Å². The predicted octanol–water partition coefficient (Wildman–Crippen LogP) is 4.71. The number of hydrogen-bond acceptors (Lipinski definition) is 5. The number of benzene rings is 2. The van der Waals surface area contributed by atoms with Gasteiger partial charge in [0.15, 0.2) is 0 Å². The average molecular weight is 364 g/mol. The molecule has 0 aliphatic carbocycles. The van der Waals surface area contributed by atoms with Crippen molar-refractivity contribution in [3.63, 3.8) is 0 Å². The van der Waals surface area contributed by atoms with Crippen molar-refractivity contribution in [2.24, 2.45) is 0 Å². The second-order valence-electron chi connectivity index (χ2n) is 5.81. The molecule has 0 spiro atoms. The highest BCUT2D eigenvalue weighted by Crippen LogP contribution is 2.19. The van der Waals surface area contributed by atoms with E-state index in [2.05, 4.69) is 26.7 Å². The number of nitriles is 1. The lowest BCUT2D eigenvalue weighted by molar-refractivity contribution is 0.995. The number of aromatic nitrogens is 2. The van der Waals surface area contributed by atoms with E-state index in [4.69, 9.17) is 11.6 Å². The summed E-state index contributed by atoms with van der Waals surface area (Å²) >= 11 is 6.01. The van der Waals surface area contributed by atoms with E-state index in [-0.39, 0.29) is 0 Å². The van der Waals surface area contributed by atoms with Crippen molar-refractivity contribution in [2.45, 2.75) is 13.3 Å². The molecule has 6 heteroatoms. The fraction of sp³-hybridized carbons (Fsp3) is 0.150. The molecule has 130 valence electrons. The van der Waals surface area contributed by atoms with Gasteiger partial charge in [0.05, 0.1) is 11.3 Å². The fourth-order valence-electron chi connectivity index (χ4n) is 2.55. The Labute approximate surface area is 157 Å². The number of hydrogen-bond donors (Lipinski definition) is 2. The molecule has 0 unspecified atom stereocenters. The average Bonchev–Trinajstić information content (AvgIpc) is 2.62. The number of aryl methyl sites for hydroxylation is 1. The number of halogens is 1. The molecule has 26 heavy (non-hydrogen) atoms. The van der Waals surface area contributed by atoms with E-state index in [0.717, 1.165) is 35.1 Å². The van der Waals surface area contributed by atoms with Gasteiger partial charge in [-0.15, -0.1) is 0 Å². The molecule has 1 aromatic heterocycles. The minimum Gasteiger partial charge on any atom is -0.370 e. The van der Waals surface area contributed by atoms with Crippen molar-refractivity contribution in [3.8, 4) is 6.07 Å². The molecule has 5 nitrogen and oxygen atoms in total. The Morgan fingerprint density at radius 3 is 2.73 bits per heavy atom. The Hall–Kier alpha value is -3.10. The van der Waals surface area contributed by atoms with Crippen molar-refractivity contribution in [1.29, 1.82) is 5.26 Å². The summed E-state index contributed by atoms with van der Waals surface area (Å²) in [5.41, 5.74) is 3.23. The van der Waals surface area contributed by atoms with Gasteiger partial charge in [0, 0.05) is 23.3 Å². The Kier molecular flexibility index (Phi) is 5.67. The first-order valence-electron chi connectivity index (χ1n) is 8.24. The molecule has 0 aliphatic rings. The van der Waals surface area contributed by atoms with E-state index in [9.17, 15) is 5.26 Å². The minimum atomic E-state index is 0.456. The quantitative estimate of drug-likeness (QED) is 0.663. The van der Waals surface area contributed by atoms with Crippen molar-refractivity contribution in [1.82, 2.24) is 9.97 Å². The monoisotopic (exact) mass is 363 g/mol. The zero-order valence-corrected chi connectivity index (χ0v) is 15.1. The van der Waals surface area contributed by atoms with E-state index in [1.807, 2.05) is 55.5 Å². The number of para-hydroxylation sites is 1. The number of nitrogens with one attached hydrogen (secondary N) is 2. The number of rotatable bonds is 6. The van der Waals surface area contributed by atoms with Crippen molar-refractivity contribution < 1.29 is 0 Å². The lowest BCUT2D eigenvalue weighted by Gasteiger charge is -2.11. The molecule has 0 saturated heterocycles. The second-order valence-corrected chi connectivity index (χ2v) is 6.24. The normalized spacial score (nSPS) is 10.2. The first-order chi connectivity index (χ1) is 12.6. The summed E-state index contributed by atoms with van der Waals surface area (Å²) in [4.78, 5) is 8.88. The molecule has 0 fully saturated rings. The van der Waals surface area contributed by atoms with Gasteiger partial charge in [-0.1, -0.05) is 35.9 Å². The highest BCUT2D eigenvalue weighted by Gasteiger charge is 2.06. The molecule has 3 rings (SSSR count). The van der Waals surface area contributed by atoms with Gasteiger partial charge >= 0.3 is 0 Å².